The van der Waals surface area contributed by atoms with Gasteiger partial charge in [-0.15, -0.1) is 24.8 Å². The molecule has 3 N–H and O–H groups in total. The first-order valence-electron chi connectivity index (χ1n) is 11.2. The van der Waals surface area contributed by atoms with Crippen LogP contribution in [-0.2, 0) is 10.3 Å². The fourth-order valence-electron chi connectivity index (χ4n) is 4.13. The Kier molecular flexibility index (Phi) is 7.67. The molecule has 2 fully saturated rings. The number of nitrogens with one attached hydrogen (secondary N) is 3. The third-order valence-electron chi connectivity index (χ3n) is 5.94. The van der Waals surface area contributed by atoms with Crippen LogP contribution in [-0.4, -0.2) is 42.9 Å². The molecule has 4 rings (SSSR count). The Balaban J connectivity index is 1.45. The summed E-state index contributed by atoms with van der Waals surface area (Å²) in [6.07, 6.45) is -10.0. The summed E-state index contributed by atoms with van der Waals surface area (Å²) in [5.41, 5.74) is -3.04. The van der Waals surface area contributed by atoms with E-state index in [4.69, 9.17) is 21.1 Å². The predicted octanol–water partition coefficient (Wildman–Crippen LogP) is 5.61. The van der Waals surface area contributed by atoms with E-state index < -0.39 is 47.7 Å². The first-order chi connectivity index (χ1) is 17.4. The van der Waals surface area contributed by atoms with E-state index in [2.05, 4.69) is 20.7 Å². The van der Waals surface area contributed by atoms with Gasteiger partial charge in [-0.05, 0) is 43.2 Å². The highest BCUT2D eigenvalue weighted by Gasteiger charge is 2.62. The summed E-state index contributed by atoms with van der Waals surface area (Å²) in [5, 5.41) is 8.07. The highest BCUT2D eigenvalue weighted by Crippen LogP contribution is 2.52. The number of amides is 2. The van der Waals surface area contributed by atoms with Gasteiger partial charge >= 0.3 is 18.6 Å². The number of piperidine rings is 1. The lowest BCUT2D eigenvalue weighted by molar-refractivity contribution is -0.334. The minimum atomic E-state index is -4.85. The second kappa shape index (κ2) is 10.5. The summed E-state index contributed by atoms with van der Waals surface area (Å²) in [6, 6.07) is 8.71. The Labute approximate surface area is 212 Å². The number of ether oxygens (including phenoxy) is 3. The van der Waals surface area contributed by atoms with Crippen LogP contribution in [0.2, 0.25) is 0 Å². The maximum absolute atomic E-state index is 13.9. The summed E-state index contributed by atoms with van der Waals surface area (Å²) in [7, 11) is 0. The van der Waals surface area contributed by atoms with Crippen LogP contribution < -0.4 is 25.4 Å². The van der Waals surface area contributed by atoms with Gasteiger partial charge in [-0.1, -0.05) is 18.2 Å². The van der Waals surface area contributed by atoms with Crippen LogP contribution in [0.4, 0.5) is 36.8 Å². The summed E-state index contributed by atoms with van der Waals surface area (Å²) in [5.74, 6) is -0.530. The molecule has 0 saturated carbocycles. The number of hydrogen-bond acceptors (Lipinski definition) is 5. The molecule has 0 radical (unpaired) electrons. The van der Waals surface area contributed by atoms with E-state index in [-0.39, 0.29) is 30.0 Å². The Hall–Kier alpha value is -2.90. The molecule has 7 nitrogen and oxygen atoms in total. The standard InChI is InChI=1S/C23H22ClF6N3O4/c24-18-10-9-16(32-20(34)31-13-5-7-14(8-6-13)37-23(28,29)30)19(33-18)36-17-4-2-1-3-15(17)21(11-12-35-21)22(25,26)27/h1-8,16,18-19,33H,9-12H2,(H2,31,32,34). The predicted molar refractivity (Wildman–Crippen MR) is 120 cm³/mol. The van der Waals surface area contributed by atoms with Gasteiger partial charge in [0, 0.05) is 17.7 Å². The highest BCUT2D eigenvalue weighted by atomic mass is 35.5. The molecule has 2 amide bonds. The van der Waals surface area contributed by atoms with E-state index in [1.54, 1.807) is 0 Å². The molecule has 37 heavy (non-hydrogen) atoms. The largest absolute Gasteiger partial charge is 0.573 e. The third kappa shape index (κ3) is 6.33. The smallest absolute Gasteiger partial charge is 0.473 e. The Morgan fingerprint density at radius 3 is 2.32 bits per heavy atom. The molecule has 0 aliphatic carbocycles. The summed E-state index contributed by atoms with van der Waals surface area (Å²) >= 11 is 6.19. The molecule has 2 saturated heterocycles. The first kappa shape index (κ1) is 27.1. The second-order valence-electron chi connectivity index (χ2n) is 8.45. The Morgan fingerprint density at radius 1 is 1.05 bits per heavy atom. The molecule has 4 unspecified atom stereocenters. The molecule has 2 aromatic rings. The fourth-order valence-corrected chi connectivity index (χ4v) is 4.38. The number of anilines is 1. The lowest BCUT2D eigenvalue weighted by Gasteiger charge is -2.44. The van der Waals surface area contributed by atoms with Gasteiger partial charge < -0.3 is 24.8 Å². The van der Waals surface area contributed by atoms with Crippen molar-refractivity contribution >= 4 is 23.3 Å². The topological polar surface area (TPSA) is 80.9 Å². The molecule has 14 heteroatoms. The normalized spacial score (nSPS) is 26.1. The molecule has 0 bridgehead atoms. The van der Waals surface area contributed by atoms with E-state index in [0.717, 1.165) is 12.1 Å². The highest BCUT2D eigenvalue weighted by molar-refractivity contribution is 6.20. The summed E-state index contributed by atoms with van der Waals surface area (Å²) in [4.78, 5) is 12.6. The van der Waals surface area contributed by atoms with Gasteiger partial charge in [-0.2, -0.15) is 13.2 Å². The van der Waals surface area contributed by atoms with Crippen molar-refractivity contribution in [2.24, 2.45) is 0 Å². The second-order valence-corrected chi connectivity index (χ2v) is 8.97. The van der Waals surface area contributed by atoms with E-state index in [9.17, 15) is 31.1 Å². The van der Waals surface area contributed by atoms with E-state index >= 15 is 0 Å². The SMILES string of the molecule is O=C(Nc1ccc(OC(F)(F)F)cc1)NC1CCC(Cl)NC1Oc1ccccc1C1(C(F)(F)F)CCO1. The molecule has 202 valence electrons. The lowest BCUT2D eigenvalue weighted by atomic mass is 9.85. The van der Waals surface area contributed by atoms with Crippen molar-refractivity contribution in [2.75, 3.05) is 11.9 Å². The Bertz CT molecular complexity index is 1100. The van der Waals surface area contributed by atoms with E-state index in [1.165, 1.54) is 36.4 Å². The number of alkyl halides is 7. The number of carbonyl (C=O) groups excluding carboxylic acids is 1. The molecular formula is C23H22ClF6N3O4. The first-order valence-corrected chi connectivity index (χ1v) is 11.6. The maximum atomic E-state index is 13.9. The number of rotatable bonds is 6. The van der Waals surface area contributed by atoms with Crippen molar-refractivity contribution in [3.63, 3.8) is 0 Å². The minimum absolute atomic E-state index is 0.0487. The van der Waals surface area contributed by atoms with Crippen LogP contribution in [0.3, 0.4) is 0 Å². The van der Waals surface area contributed by atoms with Crippen LogP contribution in [0.25, 0.3) is 0 Å². The average molecular weight is 554 g/mol. The molecule has 2 heterocycles. The zero-order valence-electron chi connectivity index (χ0n) is 19.0. The number of carbonyl (C=O) groups is 1. The molecule has 2 aromatic carbocycles. The van der Waals surface area contributed by atoms with Crippen LogP contribution in [0.1, 0.15) is 24.8 Å². The monoisotopic (exact) mass is 553 g/mol. The molecule has 2 aliphatic heterocycles. The van der Waals surface area contributed by atoms with Crippen LogP contribution in [0, 0.1) is 0 Å². The van der Waals surface area contributed by atoms with Gasteiger partial charge in [0.1, 0.15) is 11.5 Å². The number of benzene rings is 2. The number of urea groups is 1. The van der Waals surface area contributed by atoms with Crippen LogP contribution in [0.15, 0.2) is 48.5 Å². The van der Waals surface area contributed by atoms with Gasteiger partial charge in [-0.25, -0.2) is 4.79 Å². The number of hydrogen-bond donors (Lipinski definition) is 3. The van der Waals surface area contributed by atoms with Crippen molar-refractivity contribution in [1.82, 2.24) is 10.6 Å². The zero-order valence-corrected chi connectivity index (χ0v) is 19.7. The van der Waals surface area contributed by atoms with Crippen LogP contribution >= 0.6 is 11.6 Å². The van der Waals surface area contributed by atoms with E-state index in [0.29, 0.717) is 12.8 Å². The number of para-hydroxylation sites is 1. The van der Waals surface area contributed by atoms with Crippen LogP contribution in [0.5, 0.6) is 11.5 Å². The number of halogens is 7. The average Bonchev–Trinajstić information content (AvgIpc) is 2.75. The summed E-state index contributed by atoms with van der Waals surface area (Å²) < 4.78 is 93.3. The fraction of sp³-hybridized carbons (Fsp3) is 0.435. The van der Waals surface area contributed by atoms with Gasteiger partial charge in [0.15, 0.2) is 11.8 Å². The molecule has 0 aromatic heterocycles. The van der Waals surface area contributed by atoms with Crippen molar-refractivity contribution in [2.45, 2.75) is 55.2 Å². The molecule has 2 aliphatic rings. The van der Waals surface area contributed by atoms with Crippen molar-refractivity contribution < 1.29 is 45.3 Å². The molecule has 4 atom stereocenters. The Morgan fingerprint density at radius 2 is 1.73 bits per heavy atom. The zero-order chi connectivity index (χ0) is 26.8. The third-order valence-corrected chi connectivity index (χ3v) is 6.28. The summed E-state index contributed by atoms with van der Waals surface area (Å²) in [6.45, 7) is -0.0487. The quantitative estimate of drug-likeness (QED) is 0.246. The van der Waals surface area contributed by atoms with Gasteiger partial charge in [0.2, 0.25) is 0 Å². The molecule has 0 spiro atoms. The minimum Gasteiger partial charge on any atom is -0.473 e. The van der Waals surface area contributed by atoms with Crippen molar-refractivity contribution in [3.05, 3.63) is 54.1 Å². The molecular weight excluding hydrogens is 532 g/mol. The van der Waals surface area contributed by atoms with E-state index in [1.807, 2.05) is 0 Å². The van der Waals surface area contributed by atoms with Crippen molar-refractivity contribution in [3.8, 4) is 11.5 Å². The van der Waals surface area contributed by atoms with Crippen molar-refractivity contribution in [1.29, 1.82) is 0 Å². The van der Waals surface area contributed by atoms with Gasteiger partial charge in [0.25, 0.3) is 0 Å². The lowest BCUT2D eigenvalue weighted by Crippen LogP contribution is -2.59. The maximum Gasteiger partial charge on any atom is 0.573 e. The van der Waals surface area contributed by atoms with Gasteiger partial charge in [-0.3, -0.25) is 5.32 Å². The van der Waals surface area contributed by atoms with Gasteiger partial charge in [0.05, 0.1) is 18.1 Å².